The zero-order valence-corrected chi connectivity index (χ0v) is 23.0. The highest BCUT2D eigenvalue weighted by atomic mass is 32.2. The van der Waals surface area contributed by atoms with E-state index in [4.69, 9.17) is 14.7 Å². The SMILES string of the molecule is CS(=O)(=O)CCNCc1nc(N2C=CC3C=NCC(=Nc4ccc(OCc5ccc(F)cc5)cc4)C3=C2)cs1. The molecule has 11 heteroatoms. The minimum atomic E-state index is -2.99. The van der Waals surface area contributed by atoms with Gasteiger partial charge in [0.15, 0.2) is 0 Å². The summed E-state index contributed by atoms with van der Waals surface area (Å²) in [5.74, 6) is 1.38. The summed E-state index contributed by atoms with van der Waals surface area (Å²) >= 11 is 1.53. The Bertz CT molecular complexity index is 1530. The highest BCUT2D eigenvalue weighted by molar-refractivity contribution is 7.90. The van der Waals surface area contributed by atoms with Crippen molar-refractivity contribution in [3.05, 3.63) is 94.3 Å². The second-order valence-electron chi connectivity index (χ2n) is 9.22. The van der Waals surface area contributed by atoms with E-state index >= 15 is 0 Å². The number of aliphatic imine (C=N–C) groups is 2. The Morgan fingerprint density at radius 2 is 1.97 bits per heavy atom. The Morgan fingerprint density at radius 1 is 1.18 bits per heavy atom. The molecule has 1 N–H and O–H groups in total. The summed E-state index contributed by atoms with van der Waals surface area (Å²) in [5.41, 5.74) is 3.64. The lowest BCUT2D eigenvalue weighted by Crippen LogP contribution is -2.27. The fourth-order valence-electron chi connectivity index (χ4n) is 4.03. The van der Waals surface area contributed by atoms with E-state index in [1.807, 2.05) is 53.2 Å². The number of sulfone groups is 1. The van der Waals surface area contributed by atoms with Crippen LogP contribution in [0.3, 0.4) is 0 Å². The second kappa shape index (κ2) is 12.0. The number of nitrogens with zero attached hydrogens (tertiary/aromatic N) is 4. The van der Waals surface area contributed by atoms with Crippen LogP contribution in [-0.2, 0) is 23.0 Å². The van der Waals surface area contributed by atoms with E-state index in [1.54, 1.807) is 12.1 Å². The molecule has 0 saturated carbocycles. The molecule has 3 heterocycles. The van der Waals surface area contributed by atoms with Crippen LogP contribution >= 0.6 is 11.3 Å². The van der Waals surface area contributed by atoms with Crippen molar-refractivity contribution in [3.8, 4) is 5.75 Å². The van der Waals surface area contributed by atoms with Crippen LogP contribution < -0.4 is 15.0 Å². The molecule has 0 amide bonds. The number of hydrogen-bond donors (Lipinski definition) is 1. The van der Waals surface area contributed by atoms with E-state index in [9.17, 15) is 12.8 Å². The van der Waals surface area contributed by atoms with E-state index in [0.717, 1.165) is 33.4 Å². The van der Waals surface area contributed by atoms with Gasteiger partial charge in [-0.05, 0) is 42.0 Å². The van der Waals surface area contributed by atoms with Crippen LogP contribution in [0.25, 0.3) is 0 Å². The molecular formula is C28H28FN5O3S2. The lowest BCUT2D eigenvalue weighted by Gasteiger charge is -2.26. The number of benzene rings is 2. The fourth-order valence-corrected chi connectivity index (χ4v) is 5.29. The van der Waals surface area contributed by atoms with Gasteiger partial charge in [0.2, 0.25) is 0 Å². The molecule has 3 aromatic rings. The third-order valence-electron chi connectivity index (χ3n) is 6.08. The molecule has 2 aliphatic rings. The van der Waals surface area contributed by atoms with E-state index < -0.39 is 9.84 Å². The van der Waals surface area contributed by atoms with Gasteiger partial charge in [0.25, 0.3) is 0 Å². The molecule has 5 rings (SSSR count). The minimum Gasteiger partial charge on any atom is -0.489 e. The zero-order chi connectivity index (χ0) is 27.2. The molecule has 8 nitrogen and oxygen atoms in total. The molecule has 2 aliphatic heterocycles. The summed E-state index contributed by atoms with van der Waals surface area (Å²) in [6, 6.07) is 13.8. The number of thiazole rings is 1. The summed E-state index contributed by atoms with van der Waals surface area (Å²) in [6.45, 7) is 1.75. The number of ether oxygens (including phenoxy) is 1. The number of anilines is 1. The van der Waals surface area contributed by atoms with Crippen molar-refractivity contribution >= 4 is 44.6 Å². The third kappa shape index (κ3) is 7.47. The van der Waals surface area contributed by atoms with Gasteiger partial charge in [-0.3, -0.25) is 9.98 Å². The Morgan fingerprint density at radius 3 is 2.74 bits per heavy atom. The molecule has 2 aromatic carbocycles. The Labute approximate surface area is 231 Å². The minimum absolute atomic E-state index is 0.0443. The Balaban J connectivity index is 1.24. The first-order chi connectivity index (χ1) is 18.8. The largest absolute Gasteiger partial charge is 0.489 e. The van der Waals surface area contributed by atoms with Crippen molar-refractivity contribution in [3.63, 3.8) is 0 Å². The highest BCUT2D eigenvalue weighted by Gasteiger charge is 2.24. The van der Waals surface area contributed by atoms with Crippen molar-refractivity contribution in [2.75, 3.05) is 30.0 Å². The summed E-state index contributed by atoms with van der Waals surface area (Å²) in [7, 11) is -2.99. The fraction of sp³-hybridized carbons (Fsp3) is 0.250. The van der Waals surface area contributed by atoms with Gasteiger partial charge in [-0.1, -0.05) is 18.2 Å². The average Bonchev–Trinajstić information content (AvgIpc) is 3.40. The van der Waals surface area contributed by atoms with E-state index in [2.05, 4.69) is 16.4 Å². The predicted molar refractivity (Wildman–Crippen MR) is 154 cm³/mol. The molecule has 0 bridgehead atoms. The number of allylic oxidation sites excluding steroid dienone is 1. The van der Waals surface area contributed by atoms with Crippen LogP contribution in [0.1, 0.15) is 10.6 Å². The predicted octanol–water partition coefficient (Wildman–Crippen LogP) is 4.69. The maximum atomic E-state index is 13.1. The summed E-state index contributed by atoms with van der Waals surface area (Å²) < 4.78 is 41.5. The summed E-state index contributed by atoms with van der Waals surface area (Å²) in [6.07, 6.45) is 9.26. The first-order valence-corrected chi connectivity index (χ1v) is 15.3. The van der Waals surface area contributed by atoms with Crippen LogP contribution in [0, 0.1) is 11.7 Å². The molecule has 1 atom stereocenters. The van der Waals surface area contributed by atoms with Crippen molar-refractivity contribution < 1.29 is 17.5 Å². The molecule has 0 saturated heterocycles. The van der Waals surface area contributed by atoms with Crippen molar-refractivity contribution in [2.45, 2.75) is 13.2 Å². The number of hydrogen-bond acceptors (Lipinski definition) is 9. The summed E-state index contributed by atoms with van der Waals surface area (Å²) in [5, 5.41) is 6.00. The number of halogens is 1. The maximum absolute atomic E-state index is 13.1. The maximum Gasteiger partial charge on any atom is 0.148 e. The number of fused-ring (bicyclic) bond motifs is 1. The summed E-state index contributed by atoms with van der Waals surface area (Å²) in [4.78, 5) is 16.1. The third-order valence-corrected chi connectivity index (χ3v) is 7.86. The van der Waals surface area contributed by atoms with Gasteiger partial charge in [-0.2, -0.15) is 0 Å². The van der Waals surface area contributed by atoms with Gasteiger partial charge in [0.05, 0.1) is 23.7 Å². The molecule has 202 valence electrons. The first-order valence-electron chi connectivity index (χ1n) is 12.4. The van der Waals surface area contributed by atoms with Crippen molar-refractivity contribution in [2.24, 2.45) is 15.9 Å². The van der Waals surface area contributed by atoms with E-state index in [0.29, 0.717) is 32.0 Å². The van der Waals surface area contributed by atoms with Crippen LogP contribution in [0.4, 0.5) is 15.9 Å². The first kappa shape index (κ1) is 26.9. The molecule has 1 unspecified atom stereocenters. The standard InChI is InChI=1S/C28H28FN5O3S2/c1-39(35,36)13-11-30-16-28-33-27(19-38-28)34-12-10-21-14-31-15-26(25(21)17-34)32-23-6-8-24(9-7-23)37-18-20-2-4-22(29)5-3-20/h2-10,12,14,17,19,21,30H,11,13,15-16,18H2,1H3. The normalized spacial score (nSPS) is 17.8. The van der Waals surface area contributed by atoms with Crippen molar-refractivity contribution in [1.82, 2.24) is 10.3 Å². The second-order valence-corrected chi connectivity index (χ2v) is 12.4. The van der Waals surface area contributed by atoms with Gasteiger partial charge >= 0.3 is 0 Å². The molecule has 1 aromatic heterocycles. The Hall–Kier alpha value is -3.67. The Kier molecular flexibility index (Phi) is 8.30. The monoisotopic (exact) mass is 565 g/mol. The van der Waals surface area contributed by atoms with Crippen LogP contribution in [0.5, 0.6) is 5.75 Å². The topological polar surface area (TPSA) is 96.2 Å². The van der Waals surface area contributed by atoms with Crippen LogP contribution in [-0.4, -0.2) is 50.4 Å². The van der Waals surface area contributed by atoms with Gasteiger partial charge in [0.1, 0.15) is 38.8 Å². The lowest BCUT2D eigenvalue weighted by atomic mass is 9.92. The highest BCUT2D eigenvalue weighted by Crippen LogP contribution is 2.29. The van der Waals surface area contributed by atoms with E-state index in [1.165, 1.54) is 29.7 Å². The van der Waals surface area contributed by atoms with Gasteiger partial charge < -0.3 is 15.0 Å². The molecule has 0 fully saturated rings. The van der Waals surface area contributed by atoms with E-state index in [-0.39, 0.29) is 17.5 Å². The van der Waals surface area contributed by atoms with Gasteiger partial charge in [0, 0.05) is 54.8 Å². The number of aromatic nitrogens is 1. The zero-order valence-electron chi connectivity index (χ0n) is 21.3. The van der Waals surface area contributed by atoms with Gasteiger partial charge in [-0.25, -0.2) is 17.8 Å². The van der Waals surface area contributed by atoms with Crippen LogP contribution in [0.15, 0.2) is 87.9 Å². The van der Waals surface area contributed by atoms with Gasteiger partial charge in [-0.15, -0.1) is 11.3 Å². The molecule has 0 radical (unpaired) electrons. The van der Waals surface area contributed by atoms with Crippen LogP contribution in [0.2, 0.25) is 0 Å². The number of rotatable bonds is 10. The van der Waals surface area contributed by atoms with Crippen molar-refractivity contribution in [1.29, 1.82) is 0 Å². The molecule has 0 spiro atoms. The molecule has 0 aliphatic carbocycles. The average molecular weight is 566 g/mol. The smallest absolute Gasteiger partial charge is 0.148 e. The number of nitrogens with one attached hydrogen (secondary N) is 1. The quantitative estimate of drug-likeness (QED) is 0.359. The lowest BCUT2D eigenvalue weighted by molar-refractivity contribution is 0.306. The molecular weight excluding hydrogens is 537 g/mol. The molecule has 39 heavy (non-hydrogen) atoms.